The van der Waals surface area contributed by atoms with E-state index in [0.29, 0.717) is 11.1 Å². The van der Waals surface area contributed by atoms with Crippen molar-refractivity contribution in [2.24, 2.45) is 0 Å². The Morgan fingerprint density at radius 2 is 1.26 bits per heavy atom. The van der Waals surface area contributed by atoms with Crippen molar-refractivity contribution in [3.63, 3.8) is 0 Å². The molecule has 2 amide bonds. The number of ether oxygens (including phenoxy) is 2. The lowest BCUT2D eigenvalue weighted by molar-refractivity contribution is -0.385. The van der Waals surface area contributed by atoms with Crippen molar-refractivity contribution in [3.8, 4) is 0 Å². The van der Waals surface area contributed by atoms with Crippen LogP contribution >= 0.6 is 0 Å². The molecular weight excluding hydrogens is 418 g/mol. The minimum Gasteiger partial charge on any atom is -0.481 e. The number of carboxylic acids is 2. The second kappa shape index (κ2) is 13.3. The van der Waals surface area contributed by atoms with Gasteiger partial charge in [0.1, 0.15) is 13.2 Å². The molecule has 0 spiro atoms. The average Bonchev–Trinajstić information content (AvgIpc) is 2.67. The molecule has 0 aromatic heterocycles. The first-order chi connectivity index (χ1) is 14.7. The van der Waals surface area contributed by atoms with E-state index < -0.39 is 29.0 Å². The van der Waals surface area contributed by atoms with Crippen molar-refractivity contribution >= 4 is 29.8 Å². The number of nitrogens with zero attached hydrogens (tertiary/aromatic N) is 1. The van der Waals surface area contributed by atoms with Gasteiger partial charge in [0.2, 0.25) is 0 Å². The van der Waals surface area contributed by atoms with E-state index in [1.165, 1.54) is 12.1 Å². The van der Waals surface area contributed by atoms with Gasteiger partial charge in [-0.1, -0.05) is 6.07 Å². The Kier molecular flexibility index (Phi) is 10.8. The molecule has 0 aliphatic heterocycles. The van der Waals surface area contributed by atoms with Crippen molar-refractivity contribution in [3.05, 3.63) is 39.4 Å². The Labute approximate surface area is 176 Å². The lowest BCUT2D eigenvalue weighted by atomic mass is 10.0. The summed E-state index contributed by atoms with van der Waals surface area (Å²) in [7, 11) is 0. The topological polar surface area (TPSA) is 194 Å². The number of carboxylic acid groups (broad SMARTS) is 2. The van der Waals surface area contributed by atoms with Crippen LogP contribution in [0, 0.1) is 10.1 Å². The highest BCUT2D eigenvalue weighted by Crippen LogP contribution is 2.18. The largest absolute Gasteiger partial charge is 0.481 e. The van der Waals surface area contributed by atoms with Crippen molar-refractivity contribution in [1.29, 1.82) is 0 Å². The SMILES string of the molecule is O=C(O)CCOC(=O)NCCc1cc(CCNC(=O)OCCC(=O)O)cc([N+](=O)[O-])c1. The van der Waals surface area contributed by atoms with E-state index in [-0.39, 0.29) is 57.7 Å². The summed E-state index contributed by atoms with van der Waals surface area (Å²) in [6.45, 7) is -0.316. The van der Waals surface area contributed by atoms with Crippen LogP contribution in [0.25, 0.3) is 0 Å². The maximum Gasteiger partial charge on any atom is 0.407 e. The number of alkyl carbamates (subject to hydrolysis) is 2. The number of rotatable bonds is 13. The van der Waals surface area contributed by atoms with Crippen molar-refractivity contribution in [1.82, 2.24) is 10.6 Å². The number of aliphatic carboxylic acids is 2. The van der Waals surface area contributed by atoms with Gasteiger partial charge in [-0.15, -0.1) is 0 Å². The maximum absolute atomic E-state index is 11.5. The number of nitro benzene ring substituents is 1. The third-order valence-corrected chi connectivity index (χ3v) is 3.71. The van der Waals surface area contributed by atoms with E-state index in [0.717, 1.165) is 0 Å². The second-order valence-corrected chi connectivity index (χ2v) is 6.18. The zero-order valence-corrected chi connectivity index (χ0v) is 16.5. The molecule has 170 valence electrons. The number of benzene rings is 1. The third kappa shape index (κ3) is 11.6. The highest BCUT2D eigenvalue weighted by Gasteiger charge is 2.11. The van der Waals surface area contributed by atoms with Crippen LogP contribution in [0.4, 0.5) is 15.3 Å². The predicted octanol–water partition coefficient (Wildman–Crippen LogP) is 1.08. The van der Waals surface area contributed by atoms with Crippen molar-refractivity contribution in [2.75, 3.05) is 26.3 Å². The first-order valence-electron chi connectivity index (χ1n) is 9.19. The fraction of sp³-hybridized carbons (Fsp3) is 0.444. The van der Waals surface area contributed by atoms with E-state index >= 15 is 0 Å². The average molecular weight is 441 g/mol. The Bertz CT molecular complexity index is 756. The van der Waals surface area contributed by atoms with Gasteiger partial charge in [-0.25, -0.2) is 9.59 Å². The molecule has 13 nitrogen and oxygen atoms in total. The molecule has 13 heteroatoms. The number of amides is 2. The summed E-state index contributed by atoms with van der Waals surface area (Å²) in [5.74, 6) is -2.19. The molecule has 1 aromatic carbocycles. The van der Waals surface area contributed by atoms with Crippen molar-refractivity contribution < 1.29 is 43.8 Å². The number of carbonyl (C=O) groups excluding carboxylic acids is 2. The minimum atomic E-state index is -1.10. The summed E-state index contributed by atoms with van der Waals surface area (Å²) >= 11 is 0. The molecule has 0 heterocycles. The minimum absolute atomic E-state index is 0.112. The smallest absolute Gasteiger partial charge is 0.407 e. The van der Waals surface area contributed by atoms with Crippen LogP contribution in [-0.2, 0) is 31.9 Å². The number of non-ortho nitro benzene ring substituents is 1. The summed E-state index contributed by atoms with van der Waals surface area (Å²) in [5, 5.41) is 32.9. The van der Waals surface area contributed by atoms with Gasteiger partial charge >= 0.3 is 24.1 Å². The number of carbonyl (C=O) groups is 4. The van der Waals surface area contributed by atoms with Crippen LogP contribution in [0.5, 0.6) is 0 Å². The first kappa shape index (κ1) is 25.1. The van der Waals surface area contributed by atoms with Crippen LogP contribution in [-0.4, -0.2) is 65.6 Å². The van der Waals surface area contributed by atoms with Gasteiger partial charge in [0.25, 0.3) is 5.69 Å². The Hall–Kier alpha value is -3.90. The van der Waals surface area contributed by atoms with Crippen LogP contribution in [0.1, 0.15) is 24.0 Å². The van der Waals surface area contributed by atoms with Crippen LogP contribution in [0.3, 0.4) is 0 Å². The zero-order valence-electron chi connectivity index (χ0n) is 16.5. The molecule has 0 radical (unpaired) electrons. The van der Waals surface area contributed by atoms with E-state index in [9.17, 15) is 29.3 Å². The zero-order chi connectivity index (χ0) is 23.2. The highest BCUT2D eigenvalue weighted by molar-refractivity contribution is 5.70. The van der Waals surface area contributed by atoms with Gasteiger partial charge in [-0.3, -0.25) is 19.7 Å². The molecule has 0 aliphatic carbocycles. The molecule has 0 atom stereocenters. The molecule has 0 fully saturated rings. The summed E-state index contributed by atoms with van der Waals surface area (Å²) < 4.78 is 9.34. The van der Waals surface area contributed by atoms with E-state index in [2.05, 4.69) is 20.1 Å². The normalized spacial score (nSPS) is 10.1. The first-order valence-corrected chi connectivity index (χ1v) is 9.19. The summed E-state index contributed by atoms with van der Waals surface area (Å²) in [4.78, 5) is 54.2. The van der Waals surface area contributed by atoms with Crippen LogP contribution in [0.2, 0.25) is 0 Å². The molecular formula is C18H23N3O10. The van der Waals surface area contributed by atoms with Gasteiger partial charge in [0.05, 0.1) is 17.8 Å². The number of nitrogens with one attached hydrogen (secondary N) is 2. The second-order valence-electron chi connectivity index (χ2n) is 6.18. The quantitative estimate of drug-likeness (QED) is 0.254. The fourth-order valence-electron chi connectivity index (χ4n) is 2.32. The Morgan fingerprint density at radius 3 is 1.61 bits per heavy atom. The molecule has 0 aliphatic rings. The standard InChI is InChI=1S/C18H23N3O10/c22-15(23)3-7-30-17(26)19-5-1-12-9-13(11-14(10-12)21(28)29)2-6-20-18(27)31-8-4-16(24)25/h9-11H,1-8H2,(H,19,26)(H,20,27)(H,22,23)(H,24,25). The molecule has 0 saturated heterocycles. The van der Waals surface area contributed by atoms with Crippen molar-refractivity contribution in [2.45, 2.75) is 25.7 Å². The molecule has 1 aromatic rings. The summed E-state index contributed by atoms with van der Waals surface area (Å²) in [6.07, 6.45) is -1.71. The molecule has 0 saturated carbocycles. The molecule has 0 unspecified atom stereocenters. The Balaban J connectivity index is 2.52. The van der Waals surface area contributed by atoms with E-state index in [1.807, 2.05) is 0 Å². The summed E-state index contributed by atoms with van der Waals surface area (Å²) in [5.41, 5.74) is 0.985. The van der Waals surface area contributed by atoms with Crippen LogP contribution in [0.15, 0.2) is 18.2 Å². The van der Waals surface area contributed by atoms with Gasteiger partial charge < -0.3 is 30.3 Å². The monoisotopic (exact) mass is 441 g/mol. The fourth-order valence-corrected chi connectivity index (χ4v) is 2.32. The number of nitro groups is 1. The molecule has 4 N–H and O–H groups in total. The third-order valence-electron chi connectivity index (χ3n) is 3.71. The highest BCUT2D eigenvalue weighted by atomic mass is 16.6. The van der Waals surface area contributed by atoms with Gasteiger partial charge in [0, 0.05) is 25.2 Å². The number of hydrogen-bond donors (Lipinski definition) is 4. The van der Waals surface area contributed by atoms with E-state index in [4.69, 9.17) is 10.2 Å². The molecule has 0 bridgehead atoms. The van der Waals surface area contributed by atoms with Gasteiger partial charge in [-0.05, 0) is 24.0 Å². The number of hydrogen-bond acceptors (Lipinski definition) is 8. The predicted molar refractivity (Wildman–Crippen MR) is 104 cm³/mol. The lowest BCUT2D eigenvalue weighted by Crippen LogP contribution is -2.27. The molecule has 31 heavy (non-hydrogen) atoms. The van der Waals surface area contributed by atoms with Gasteiger partial charge in [0.15, 0.2) is 0 Å². The van der Waals surface area contributed by atoms with Gasteiger partial charge in [-0.2, -0.15) is 0 Å². The Morgan fingerprint density at radius 1 is 0.839 bits per heavy atom. The lowest BCUT2D eigenvalue weighted by Gasteiger charge is -2.09. The van der Waals surface area contributed by atoms with E-state index in [1.54, 1.807) is 6.07 Å². The summed E-state index contributed by atoms with van der Waals surface area (Å²) in [6, 6.07) is 4.39. The maximum atomic E-state index is 11.5. The molecule has 1 rings (SSSR count). The van der Waals surface area contributed by atoms with Crippen LogP contribution < -0.4 is 10.6 Å².